The van der Waals surface area contributed by atoms with E-state index in [0.29, 0.717) is 0 Å². The summed E-state index contributed by atoms with van der Waals surface area (Å²) in [5.41, 5.74) is 1.97. The standard InChI is InChI=1S/C16H19N5O.C2HF3O2/c1-20(14-6-9-19-16-13(14)5-8-18-16)11-12-3-2-10-21(12)15(22)4-7-17;3-2(4,5)1(6)7/h5-6,8-9,12H,2-4,10-11H2,1H3,(H,18,19);(H,6,7)/t12-;/m0./s1. The Morgan fingerprint density at radius 3 is 2.76 bits per heavy atom. The number of aromatic nitrogens is 2. The SMILES string of the molecule is CN(C[C@@H]1CCCN1C(=O)CC#N)c1ccnc2[nH]ccc12.O=C(O)C(F)(F)F. The number of aromatic amines is 1. The van der Waals surface area contributed by atoms with Gasteiger partial charge in [-0.2, -0.15) is 18.4 Å². The number of hydrogen-bond acceptors (Lipinski definition) is 5. The molecule has 1 aliphatic heterocycles. The molecule has 3 rings (SSSR count). The van der Waals surface area contributed by atoms with Crippen molar-refractivity contribution in [2.24, 2.45) is 0 Å². The second kappa shape index (κ2) is 9.27. The van der Waals surface area contributed by atoms with Crippen LogP contribution in [0.1, 0.15) is 19.3 Å². The monoisotopic (exact) mass is 411 g/mol. The van der Waals surface area contributed by atoms with Crippen molar-refractivity contribution in [2.75, 3.05) is 25.0 Å². The summed E-state index contributed by atoms with van der Waals surface area (Å²) in [6.45, 7) is 1.52. The summed E-state index contributed by atoms with van der Waals surface area (Å²) in [4.78, 5) is 32.3. The van der Waals surface area contributed by atoms with Crippen LogP contribution in [0.2, 0.25) is 0 Å². The number of hydrogen-bond donors (Lipinski definition) is 2. The van der Waals surface area contributed by atoms with Crippen LogP contribution < -0.4 is 4.90 Å². The zero-order valence-electron chi connectivity index (χ0n) is 15.6. The molecular formula is C18H20F3N5O3. The number of nitriles is 1. The van der Waals surface area contributed by atoms with Crippen LogP contribution in [0.5, 0.6) is 0 Å². The Morgan fingerprint density at radius 2 is 2.14 bits per heavy atom. The number of carboxylic acid groups (broad SMARTS) is 1. The number of alkyl halides is 3. The number of carboxylic acids is 1. The molecule has 0 bridgehead atoms. The highest BCUT2D eigenvalue weighted by Gasteiger charge is 2.38. The van der Waals surface area contributed by atoms with Crippen molar-refractivity contribution in [3.05, 3.63) is 24.5 Å². The largest absolute Gasteiger partial charge is 0.490 e. The average Bonchev–Trinajstić information content (AvgIpc) is 3.30. The second-order valence-electron chi connectivity index (χ2n) is 6.47. The molecule has 29 heavy (non-hydrogen) atoms. The number of likely N-dealkylation sites (N-methyl/N-ethyl adjacent to an activating group) is 1. The van der Waals surface area contributed by atoms with Crippen molar-refractivity contribution < 1.29 is 27.9 Å². The van der Waals surface area contributed by atoms with E-state index in [1.165, 1.54) is 0 Å². The molecule has 2 N–H and O–H groups in total. The number of fused-ring (bicyclic) bond motifs is 1. The fraction of sp³-hybridized carbons (Fsp3) is 0.444. The highest BCUT2D eigenvalue weighted by atomic mass is 19.4. The lowest BCUT2D eigenvalue weighted by molar-refractivity contribution is -0.192. The summed E-state index contributed by atoms with van der Waals surface area (Å²) in [5.74, 6) is -2.81. The van der Waals surface area contributed by atoms with Crippen LogP contribution in [0.15, 0.2) is 24.5 Å². The fourth-order valence-electron chi connectivity index (χ4n) is 3.22. The van der Waals surface area contributed by atoms with Gasteiger partial charge in [0.05, 0.1) is 6.07 Å². The number of H-pyrrole nitrogens is 1. The van der Waals surface area contributed by atoms with Crippen LogP contribution in [0.3, 0.4) is 0 Å². The number of carbonyl (C=O) groups is 2. The van der Waals surface area contributed by atoms with Gasteiger partial charge in [0.1, 0.15) is 12.1 Å². The molecular weight excluding hydrogens is 391 g/mol. The van der Waals surface area contributed by atoms with Gasteiger partial charge in [-0.1, -0.05) is 0 Å². The summed E-state index contributed by atoms with van der Waals surface area (Å²) < 4.78 is 31.7. The number of aliphatic carboxylic acids is 1. The summed E-state index contributed by atoms with van der Waals surface area (Å²) in [6, 6.07) is 6.14. The third-order valence-electron chi connectivity index (χ3n) is 4.50. The first-order valence-corrected chi connectivity index (χ1v) is 8.75. The molecule has 0 aromatic carbocycles. The van der Waals surface area contributed by atoms with Crippen molar-refractivity contribution in [3.8, 4) is 6.07 Å². The zero-order valence-corrected chi connectivity index (χ0v) is 15.6. The summed E-state index contributed by atoms with van der Waals surface area (Å²) in [6.07, 6.45) is 0.553. The van der Waals surface area contributed by atoms with Crippen LogP contribution in [-0.4, -0.2) is 64.2 Å². The van der Waals surface area contributed by atoms with Gasteiger partial charge in [0, 0.05) is 49.6 Å². The Hall–Kier alpha value is -3.29. The lowest BCUT2D eigenvalue weighted by Gasteiger charge is -2.29. The molecule has 1 fully saturated rings. The lowest BCUT2D eigenvalue weighted by atomic mass is 10.2. The van der Waals surface area contributed by atoms with Gasteiger partial charge in [-0.05, 0) is 25.0 Å². The third kappa shape index (κ3) is 5.60. The van der Waals surface area contributed by atoms with Crippen molar-refractivity contribution in [2.45, 2.75) is 31.5 Å². The first kappa shape index (κ1) is 22.0. The molecule has 0 saturated carbocycles. The summed E-state index contributed by atoms with van der Waals surface area (Å²) in [7, 11) is 2.03. The van der Waals surface area contributed by atoms with Gasteiger partial charge >= 0.3 is 12.1 Å². The normalized spacial score (nSPS) is 16.1. The van der Waals surface area contributed by atoms with Crippen molar-refractivity contribution >= 4 is 28.6 Å². The van der Waals surface area contributed by atoms with Crippen LogP contribution in [0.25, 0.3) is 11.0 Å². The first-order valence-electron chi connectivity index (χ1n) is 8.75. The Balaban J connectivity index is 0.000000370. The Bertz CT molecular complexity index is 906. The molecule has 8 nitrogen and oxygen atoms in total. The van der Waals surface area contributed by atoms with E-state index in [1.54, 1.807) is 6.20 Å². The molecule has 0 unspecified atom stereocenters. The van der Waals surface area contributed by atoms with Crippen molar-refractivity contribution in [1.82, 2.24) is 14.9 Å². The maximum Gasteiger partial charge on any atom is 0.490 e. The second-order valence-corrected chi connectivity index (χ2v) is 6.47. The minimum Gasteiger partial charge on any atom is -0.475 e. The van der Waals surface area contributed by atoms with Crippen molar-refractivity contribution in [3.63, 3.8) is 0 Å². The van der Waals surface area contributed by atoms with Gasteiger partial charge in [0.15, 0.2) is 0 Å². The molecule has 0 spiro atoms. The molecule has 3 heterocycles. The molecule has 2 aromatic heterocycles. The van der Waals surface area contributed by atoms with Crippen molar-refractivity contribution in [1.29, 1.82) is 5.26 Å². The number of amides is 1. The van der Waals surface area contributed by atoms with E-state index in [0.717, 1.165) is 42.7 Å². The number of carbonyl (C=O) groups excluding carboxylic acids is 1. The van der Waals surface area contributed by atoms with Gasteiger partial charge in [-0.25, -0.2) is 9.78 Å². The van der Waals surface area contributed by atoms with Gasteiger partial charge in [-0.15, -0.1) is 0 Å². The molecule has 0 aliphatic carbocycles. The highest BCUT2D eigenvalue weighted by molar-refractivity contribution is 5.89. The lowest BCUT2D eigenvalue weighted by Crippen LogP contribution is -2.42. The maximum atomic E-state index is 12.0. The van der Waals surface area contributed by atoms with E-state index >= 15 is 0 Å². The van der Waals surface area contributed by atoms with Gasteiger partial charge in [0.2, 0.25) is 5.91 Å². The number of nitrogens with one attached hydrogen (secondary N) is 1. The molecule has 11 heteroatoms. The smallest absolute Gasteiger partial charge is 0.475 e. The Labute approximate surface area is 164 Å². The van der Waals surface area contributed by atoms with Crippen LogP contribution >= 0.6 is 0 Å². The number of halogens is 3. The first-order chi connectivity index (χ1) is 13.6. The quantitative estimate of drug-likeness (QED) is 0.799. The molecule has 1 aliphatic rings. The molecule has 2 aromatic rings. The molecule has 1 atom stereocenters. The van der Waals surface area contributed by atoms with E-state index in [9.17, 15) is 18.0 Å². The predicted octanol–water partition coefficient (Wildman–Crippen LogP) is 2.54. The molecule has 1 saturated heterocycles. The maximum absolute atomic E-state index is 12.0. The Kier molecular flexibility index (Phi) is 7.03. The number of likely N-dealkylation sites (tertiary alicyclic amines) is 1. The van der Waals surface area contributed by atoms with Crippen LogP contribution in [0.4, 0.5) is 18.9 Å². The van der Waals surface area contributed by atoms with E-state index in [-0.39, 0.29) is 18.4 Å². The topological polar surface area (TPSA) is 113 Å². The molecule has 0 radical (unpaired) electrons. The fourth-order valence-corrected chi connectivity index (χ4v) is 3.22. The average molecular weight is 411 g/mol. The van der Waals surface area contributed by atoms with E-state index in [1.807, 2.05) is 36.3 Å². The molecule has 1 amide bonds. The predicted molar refractivity (Wildman–Crippen MR) is 98.0 cm³/mol. The van der Waals surface area contributed by atoms with Gasteiger partial charge in [-0.3, -0.25) is 4.79 Å². The van der Waals surface area contributed by atoms with E-state index in [2.05, 4.69) is 14.9 Å². The zero-order chi connectivity index (χ0) is 21.6. The van der Waals surface area contributed by atoms with Crippen LogP contribution in [0, 0.1) is 11.3 Å². The number of nitrogens with zero attached hydrogens (tertiary/aromatic N) is 4. The molecule has 156 valence electrons. The number of pyridine rings is 1. The highest BCUT2D eigenvalue weighted by Crippen LogP contribution is 2.26. The number of anilines is 1. The van der Waals surface area contributed by atoms with E-state index < -0.39 is 12.1 Å². The van der Waals surface area contributed by atoms with Gasteiger partial charge < -0.3 is 19.9 Å². The number of rotatable bonds is 4. The summed E-state index contributed by atoms with van der Waals surface area (Å²) in [5, 5.41) is 16.9. The minimum atomic E-state index is -5.08. The minimum absolute atomic E-state index is 0.0302. The van der Waals surface area contributed by atoms with Crippen LogP contribution in [-0.2, 0) is 9.59 Å². The van der Waals surface area contributed by atoms with Gasteiger partial charge in [0.25, 0.3) is 0 Å². The summed E-state index contributed by atoms with van der Waals surface area (Å²) >= 11 is 0. The Morgan fingerprint density at radius 1 is 1.45 bits per heavy atom. The van der Waals surface area contributed by atoms with E-state index in [4.69, 9.17) is 15.2 Å². The third-order valence-corrected chi connectivity index (χ3v) is 4.50.